The molecule has 4 aliphatic rings. The fourth-order valence-electron chi connectivity index (χ4n) is 8.27. The number of allylic oxidation sites excluding steroid dienone is 2. The van der Waals surface area contributed by atoms with Crippen LogP contribution < -0.4 is 0 Å². The molecule has 0 aromatic heterocycles. The molecule has 32 heavy (non-hydrogen) atoms. The Morgan fingerprint density at radius 1 is 1.06 bits per heavy atom. The van der Waals surface area contributed by atoms with Crippen molar-refractivity contribution in [1.82, 2.24) is 0 Å². The Bertz CT molecular complexity index is 967. The summed E-state index contributed by atoms with van der Waals surface area (Å²) in [6.07, 6.45) is 11.4. The number of halogens is 1. The van der Waals surface area contributed by atoms with E-state index in [1.165, 1.54) is 19.3 Å². The molecule has 172 valence electrons. The summed E-state index contributed by atoms with van der Waals surface area (Å²) in [4.78, 5) is 25.0. The van der Waals surface area contributed by atoms with Gasteiger partial charge in [-0.3, -0.25) is 4.79 Å². The van der Waals surface area contributed by atoms with Crippen molar-refractivity contribution in [2.24, 2.45) is 34.5 Å². The lowest BCUT2D eigenvalue weighted by molar-refractivity contribution is -0.125. The van der Waals surface area contributed by atoms with Crippen LogP contribution in [0, 0.1) is 38.1 Å². The molecule has 0 spiro atoms. The average molecular weight is 546 g/mol. The fourth-order valence-corrected chi connectivity index (χ4v) is 8.82. The Labute approximate surface area is 205 Å². The molecule has 0 bridgehead atoms. The number of carbonyl (C=O) groups is 2. The van der Waals surface area contributed by atoms with Crippen LogP contribution >= 0.6 is 22.6 Å². The van der Waals surface area contributed by atoms with E-state index in [1.54, 1.807) is 6.92 Å². The SMILES string of the molecule is CC(=O)C1=CC[C@@H]2[C@@H]3CC[C@H]4C[C@H](OC(=O)c5cccc(I)c5)CC[C@]4(C)[C@H]3CC[C@]12C. The summed E-state index contributed by atoms with van der Waals surface area (Å²) in [6, 6.07) is 7.68. The van der Waals surface area contributed by atoms with E-state index in [1.807, 2.05) is 24.3 Å². The maximum absolute atomic E-state index is 12.7. The summed E-state index contributed by atoms with van der Waals surface area (Å²) in [5.41, 5.74) is 2.21. The summed E-state index contributed by atoms with van der Waals surface area (Å²) < 4.78 is 7.06. The molecule has 0 unspecified atom stereocenters. The van der Waals surface area contributed by atoms with Gasteiger partial charge >= 0.3 is 5.97 Å². The molecule has 0 radical (unpaired) electrons. The van der Waals surface area contributed by atoms with Crippen LogP contribution in [0.15, 0.2) is 35.9 Å². The minimum atomic E-state index is -0.173. The number of Topliss-reactive ketones (excluding diaryl/α,β-unsaturated/α-hetero) is 1. The largest absolute Gasteiger partial charge is 0.459 e. The zero-order chi connectivity index (χ0) is 22.7. The number of benzene rings is 1. The highest BCUT2D eigenvalue weighted by atomic mass is 127. The van der Waals surface area contributed by atoms with Crippen LogP contribution in [0.4, 0.5) is 0 Å². The predicted molar refractivity (Wildman–Crippen MR) is 134 cm³/mol. The van der Waals surface area contributed by atoms with E-state index in [0.717, 1.165) is 53.1 Å². The second-order valence-electron chi connectivity index (χ2n) is 11.3. The summed E-state index contributed by atoms with van der Waals surface area (Å²) in [5.74, 6) is 2.85. The Morgan fingerprint density at radius 3 is 2.62 bits per heavy atom. The van der Waals surface area contributed by atoms with Gasteiger partial charge in [-0.2, -0.15) is 0 Å². The van der Waals surface area contributed by atoms with Crippen molar-refractivity contribution >= 4 is 34.3 Å². The Kier molecular flexibility index (Phi) is 5.83. The Hall–Kier alpha value is -1.17. The molecule has 0 heterocycles. The number of ether oxygens (including phenoxy) is 1. The van der Waals surface area contributed by atoms with E-state index < -0.39 is 0 Å². The second kappa shape index (κ2) is 8.25. The van der Waals surface area contributed by atoms with Crippen LogP contribution in [0.25, 0.3) is 0 Å². The molecular formula is C28H35IO3. The van der Waals surface area contributed by atoms with Crippen molar-refractivity contribution < 1.29 is 14.3 Å². The quantitative estimate of drug-likeness (QED) is 0.303. The van der Waals surface area contributed by atoms with Gasteiger partial charge in [-0.15, -0.1) is 0 Å². The number of ketones is 1. The van der Waals surface area contributed by atoms with Gasteiger partial charge < -0.3 is 4.74 Å². The highest BCUT2D eigenvalue weighted by Gasteiger charge is 2.59. The van der Waals surface area contributed by atoms with Crippen molar-refractivity contribution in [3.05, 3.63) is 45.0 Å². The molecule has 5 rings (SSSR count). The van der Waals surface area contributed by atoms with Crippen LogP contribution in [0.5, 0.6) is 0 Å². The minimum Gasteiger partial charge on any atom is -0.459 e. The van der Waals surface area contributed by atoms with Crippen LogP contribution in [-0.2, 0) is 9.53 Å². The molecule has 4 heteroatoms. The van der Waals surface area contributed by atoms with Crippen molar-refractivity contribution in [3.63, 3.8) is 0 Å². The van der Waals surface area contributed by atoms with E-state index in [9.17, 15) is 9.59 Å². The van der Waals surface area contributed by atoms with Crippen molar-refractivity contribution in [2.45, 2.75) is 78.2 Å². The highest BCUT2D eigenvalue weighted by Crippen LogP contribution is 2.66. The van der Waals surface area contributed by atoms with E-state index in [0.29, 0.717) is 22.8 Å². The van der Waals surface area contributed by atoms with Gasteiger partial charge in [0.15, 0.2) is 5.78 Å². The number of esters is 1. The first-order valence-electron chi connectivity index (χ1n) is 12.4. The van der Waals surface area contributed by atoms with Crippen molar-refractivity contribution in [3.8, 4) is 0 Å². The summed E-state index contributed by atoms with van der Waals surface area (Å²) in [6.45, 7) is 6.65. The summed E-state index contributed by atoms with van der Waals surface area (Å²) in [7, 11) is 0. The van der Waals surface area contributed by atoms with Gasteiger partial charge in [-0.25, -0.2) is 4.79 Å². The molecule has 7 atom stereocenters. The van der Waals surface area contributed by atoms with Gasteiger partial charge in [0.05, 0.1) is 5.56 Å². The van der Waals surface area contributed by atoms with Gasteiger partial charge in [0, 0.05) is 3.57 Å². The molecule has 0 saturated heterocycles. The van der Waals surface area contributed by atoms with Gasteiger partial charge in [-0.1, -0.05) is 26.0 Å². The normalized spacial score (nSPS) is 40.5. The van der Waals surface area contributed by atoms with Gasteiger partial charge in [0.25, 0.3) is 0 Å². The van der Waals surface area contributed by atoms with Crippen LogP contribution in [0.3, 0.4) is 0 Å². The molecule has 1 aromatic rings. The third-order valence-corrected chi connectivity index (χ3v) is 10.6. The maximum Gasteiger partial charge on any atom is 0.338 e. The first-order valence-corrected chi connectivity index (χ1v) is 13.5. The maximum atomic E-state index is 12.7. The lowest BCUT2D eigenvalue weighted by atomic mass is 9.44. The van der Waals surface area contributed by atoms with E-state index in [2.05, 4.69) is 42.5 Å². The van der Waals surface area contributed by atoms with Gasteiger partial charge in [0.1, 0.15) is 6.10 Å². The first kappa shape index (κ1) is 22.6. The molecular weight excluding hydrogens is 511 g/mol. The van der Waals surface area contributed by atoms with Crippen molar-refractivity contribution in [1.29, 1.82) is 0 Å². The van der Waals surface area contributed by atoms with Gasteiger partial charge in [0.2, 0.25) is 0 Å². The molecule has 3 saturated carbocycles. The topological polar surface area (TPSA) is 43.4 Å². The molecule has 3 fully saturated rings. The Balaban J connectivity index is 1.28. The van der Waals surface area contributed by atoms with Crippen LogP contribution in [0.2, 0.25) is 0 Å². The van der Waals surface area contributed by atoms with E-state index >= 15 is 0 Å². The predicted octanol–water partition coefficient (Wildman–Crippen LogP) is 6.98. The Morgan fingerprint density at radius 2 is 1.88 bits per heavy atom. The summed E-state index contributed by atoms with van der Waals surface area (Å²) in [5, 5.41) is 0. The van der Waals surface area contributed by atoms with E-state index in [4.69, 9.17) is 4.74 Å². The average Bonchev–Trinajstić information content (AvgIpc) is 3.11. The number of carbonyl (C=O) groups excluding carboxylic acids is 2. The third kappa shape index (κ3) is 3.59. The number of hydrogen-bond donors (Lipinski definition) is 0. The van der Waals surface area contributed by atoms with Gasteiger partial charge in [-0.05, 0) is 139 Å². The molecule has 4 aliphatic carbocycles. The zero-order valence-electron chi connectivity index (χ0n) is 19.5. The smallest absolute Gasteiger partial charge is 0.338 e. The standard InChI is InChI=1S/C28H35IO3/c1-17(30)23-9-10-24-22-8-7-19-16-21(32-26(31)18-5-4-6-20(29)15-18)11-13-27(19,2)25(22)12-14-28(23,24)3/h4-6,9,15,19,21-22,24-25H,7-8,10-14,16H2,1-3H3/t19-,21+,22-,24+,25-,27-,28+/m0/s1. The molecule has 3 nitrogen and oxygen atoms in total. The number of rotatable bonds is 3. The zero-order valence-corrected chi connectivity index (χ0v) is 21.7. The monoisotopic (exact) mass is 546 g/mol. The third-order valence-electron chi connectivity index (χ3n) is 9.91. The lowest BCUT2D eigenvalue weighted by Gasteiger charge is -2.60. The van der Waals surface area contributed by atoms with Crippen LogP contribution in [-0.4, -0.2) is 17.9 Å². The molecule has 1 aromatic carbocycles. The number of hydrogen-bond acceptors (Lipinski definition) is 3. The number of fused-ring (bicyclic) bond motifs is 5. The van der Waals surface area contributed by atoms with Crippen LogP contribution in [0.1, 0.15) is 82.5 Å². The first-order chi connectivity index (χ1) is 15.2. The minimum absolute atomic E-state index is 0.0429. The molecule has 0 N–H and O–H groups in total. The molecule has 0 amide bonds. The second-order valence-corrected chi connectivity index (χ2v) is 12.6. The fraction of sp³-hybridized carbons (Fsp3) is 0.643. The summed E-state index contributed by atoms with van der Waals surface area (Å²) >= 11 is 2.24. The highest BCUT2D eigenvalue weighted by molar-refractivity contribution is 14.1. The van der Waals surface area contributed by atoms with Crippen molar-refractivity contribution in [2.75, 3.05) is 0 Å². The molecule has 0 aliphatic heterocycles. The lowest BCUT2D eigenvalue weighted by Crippen LogP contribution is -2.54. The van der Waals surface area contributed by atoms with E-state index in [-0.39, 0.29) is 23.3 Å².